The van der Waals surface area contributed by atoms with Crippen molar-refractivity contribution in [2.75, 3.05) is 30.8 Å². The Morgan fingerprint density at radius 2 is 1.78 bits per heavy atom. The van der Waals surface area contributed by atoms with Gasteiger partial charge in [0.15, 0.2) is 5.69 Å². The molecule has 3 rings (SSSR count). The zero-order valence-corrected chi connectivity index (χ0v) is 16.9. The third-order valence-corrected chi connectivity index (χ3v) is 5.17. The quantitative estimate of drug-likeness (QED) is 0.336. The molecule has 0 aromatic heterocycles. The van der Waals surface area contributed by atoms with Crippen molar-refractivity contribution in [3.63, 3.8) is 0 Å². The maximum absolute atomic E-state index is 8.63. The van der Waals surface area contributed by atoms with E-state index in [1.165, 1.54) is 26.9 Å². The molecule has 27 heavy (non-hydrogen) atoms. The van der Waals surface area contributed by atoms with Crippen molar-refractivity contribution in [3.05, 3.63) is 30.3 Å². The molecule has 5 N–H and O–H groups in total. The molecule has 10 heteroatoms. The monoisotopic (exact) mass is 413 g/mol. The van der Waals surface area contributed by atoms with Crippen LogP contribution < -0.4 is 20.7 Å². The molecule has 0 bridgehead atoms. The number of quaternary nitrogens is 1. The maximum atomic E-state index is 8.63. The summed E-state index contributed by atoms with van der Waals surface area (Å²) in [4.78, 5) is 4.82. The maximum Gasteiger partial charge on any atom is 0.215 e. The van der Waals surface area contributed by atoms with E-state index < -0.39 is 10.4 Å². The number of benzene rings is 2. The van der Waals surface area contributed by atoms with Gasteiger partial charge in [-0.3, -0.25) is 9.87 Å². The molecule has 1 heterocycles. The van der Waals surface area contributed by atoms with E-state index in [0.29, 0.717) is 5.69 Å². The van der Waals surface area contributed by atoms with Crippen molar-refractivity contribution in [3.8, 4) is 5.75 Å². The summed E-state index contributed by atoms with van der Waals surface area (Å²) in [7, 11) is -3.27. The zero-order chi connectivity index (χ0) is 20.2. The Labute approximate surface area is 163 Å². The van der Waals surface area contributed by atoms with Crippen LogP contribution >= 0.6 is 11.8 Å². The van der Waals surface area contributed by atoms with Crippen LogP contribution in [0.1, 0.15) is 13.8 Å². The molecule has 0 unspecified atom stereocenters. The van der Waals surface area contributed by atoms with Crippen LogP contribution in [0.3, 0.4) is 0 Å². The van der Waals surface area contributed by atoms with Crippen molar-refractivity contribution >= 4 is 44.9 Å². The highest BCUT2D eigenvalue weighted by atomic mass is 32.3. The predicted octanol–water partition coefficient (Wildman–Crippen LogP) is 2.12. The molecule has 1 aliphatic rings. The molecule has 2 aromatic rings. The molecular formula is C17H23N3O5S2. The van der Waals surface area contributed by atoms with E-state index in [0.717, 1.165) is 18.8 Å². The highest BCUT2D eigenvalue weighted by Crippen LogP contribution is 2.43. The molecule has 1 aliphatic heterocycles. The van der Waals surface area contributed by atoms with E-state index >= 15 is 0 Å². The van der Waals surface area contributed by atoms with Crippen LogP contribution in [0.4, 0.5) is 22.7 Å². The fourth-order valence-electron chi connectivity index (χ4n) is 2.77. The molecule has 0 fully saturated rings. The number of anilines is 2. The molecule has 0 saturated heterocycles. The van der Waals surface area contributed by atoms with Gasteiger partial charge in [-0.05, 0) is 32.0 Å². The predicted molar refractivity (Wildman–Crippen MR) is 105 cm³/mol. The number of nitrogens with zero attached hydrogens (tertiary/aromatic N) is 1. The highest BCUT2D eigenvalue weighted by molar-refractivity contribution is 7.99. The summed E-state index contributed by atoms with van der Waals surface area (Å²) in [5, 5.41) is 2.20. The van der Waals surface area contributed by atoms with Crippen molar-refractivity contribution in [1.82, 2.24) is 0 Å². The van der Waals surface area contributed by atoms with Crippen LogP contribution in [0.5, 0.6) is 5.75 Å². The number of rotatable bonds is 4. The van der Waals surface area contributed by atoms with Crippen LogP contribution in [0.25, 0.3) is 0 Å². The number of hydrogen-bond donors (Lipinski definition) is 3. The van der Waals surface area contributed by atoms with Gasteiger partial charge in [0.2, 0.25) is 10.4 Å². The number of nitrogens with two attached hydrogens (primary N) is 2. The second-order valence-electron chi connectivity index (χ2n) is 5.70. The highest BCUT2D eigenvalue weighted by Gasteiger charge is 2.23. The van der Waals surface area contributed by atoms with Crippen molar-refractivity contribution in [2.24, 2.45) is 0 Å². The van der Waals surface area contributed by atoms with Crippen molar-refractivity contribution in [2.45, 2.75) is 23.6 Å². The number of fused-ring (bicyclic) bond motifs is 2. The zero-order valence-electron chi connectivity index (χ0n) is 15.3. The van der Waals surface area contributed by atoms with Gasteiger partial charge in [-0.1, -0.05) is 11.8 Å². The van der Waals surface area contributed by atoms with Gasteiger partial charge in [0, 0.05) is 30.9 Å². The minimum atomic E-state index is -4.92. The molecule has 0 aliphatic carbocycles. The van der Waals surface area contributed by atoms with Crippen LogP contribution in [0.2, 0.25) is 0 Å². The molecule has 2 aromatic carbocycles. The largest absolute Gasteiger partial charge is 0.726 e. The van der Waals surface area contributed by atoms with Gasteiger partial charge in [-0.2, -0.15) is 0 Å². The van der Waals surface area contributed by atoms with Crippen LogP contribution in [0.15, 0.2) is 40.1 Å². The first kappa shape index (κ1) is 21.3. The Morgan fingerprint density at radius 1 is 1.19 bits per heavy atom. The second kappa shape index (κ2) is 8.81. The first-order valence-corrected chi connectivity index (χ1v) is 10.4. The van der Waals surface area contributed by atoms with Gasteiger partial charge < -0.3 is 19.9 Å². The molecule has 148 valence electrons. The third-order valence-electron chi connectivity index (χ3n) is 4.02. The average molecular weight is 414 g/mol. The smallest absolute Gasteiger partial charge is 0.215 e. The normalized spacial score (nSPS) is 12.3. The summed E-state index contributed by atoms with van der Waals surface area (Å²) in [5.74, 6) is 0.735. The lowest BCUT2D eigenvalue weighted by atomic mass is 10.2. The minimum Gasteiger partial charge on any atom is -0.726 e. The third kappa shape index (κ3) is 5.75. The summed E-state index contributed by atoms with van der Waals surface area (Å²) in [6.45, 7) is 6.41. The molecule has 0 amide bonds. The SMILES string of the molecule is CCN(CC)c1ccc2c(c1)Sc1cc(N)c(OC)cc1[NH2+]2.O=S(=O)([O-])O. The van der Waals surface area contributed by atoms with Crippen molar-refractivity contribution < 1.29 is 27.6 Å². The van der Waals surface area contributed by atoms with Gasteiger partial charge in [0.25, 0.3) is 0 Å². The van der Waals surface area contributed by atoms with Crippen LogP contribution in [-0.2, 0) is 10.4 Å². The lowest BCUT2D eigenvalue weighted by Gasteiger charge is -2.23. The number of hydrogen-bond acceptors (Lipinski definition) is 7. The van der Waals surface area contributed by atoms with Gasteiger partial charge in [-0.25, -0.2) is 8.42 Å². The molecule has 0 spiro atoms. The Bertz CT molecular complexity index is 907. The summed E-state index contributed by atoms with van der Waals surface area (Å²) < 4.78 is 38.2. The van der Waals surface area contributed by atoms with E-state index in [1.54, 1.807) is 18.9 Å². The fourth-order valence-corrected chi connectivity index (χ4v) is 3.85. The second-order valence-corrected chi connectivity index (χ2v) is 7.64. The van der Waals surface area contributed by atoms with E-state index in [2.05, 4.69) is 42.3 Å². The topological polar surface area (TPSA) is 133 Å². The van der Waals surface area contributed by atoms with Gasteiger partial charge in [0.1, 0.15) is 11.4 Å². The molecule has 0 saturated carbocycles. The number of methoxy groups -OCH3 is 1. The summed E-state index contributed by atoms with van der Waals surface area (Å²) in [6.07, 6.45) is 0. The summed E-state index contributed by atoms with van der Waals surface area (Å²) >= 11 is 1.77. The lowest BCUT2D eigenvalue weighted by molar-refractivity contribution is -0.485. The molecular weight excluding hydrogens is 390 g/mol. The first-order chi connectivity index (χ1) is 12.7. The van der Waals surface area contributed by atoms with Gasteiger partial charge in [0.05, 0.1) is 22.6 Å². The standard InChI is InChI=1S/C17H21N3OS.H2O4S/c1-4-20(5-2)11-6-7-13-16(8-11)22-17-9-12(18)15(21-3)10-14(17)19-13;1-5(2,3)4/h6-10,19H,4-5,18H2,1-3H3;(H2,1,2,3,4). The number of nitrogen functional groups attached to an aromatic ring is 1. The van der Waals surface area contributed by atoms with Crippen LogP contribution in [-0.4, -0.2) is 37.7 Å². The molecule has 0 atom stereocenters. The van der Waals surface area contributed by atoms with Crippen molar-refractivity contribution in [1.29, 1.82) is 0 Å². The molecule has 8 nitrogen and oxygen atoms in total. The Hall–Kier alpha value is -1.98. The van der Waals surface area contributed by atoms with E-state index in [9.17, 15) is 0 Å². The average Bonchev–Trinajstić information content (AvgIpc) is 2.59. The van der Waals surface area contributed by atoms with Gasteiger partial charge >= 0.3 is 0 Å². The van der Waals surface area contributed by atoms with Gasteiger partial charge in [-0.15, -0.1) is 0 Å². The lowest BCUT2D eigenvalue weighted by Crippen LogP contribution is -2.72. The van der Waals surface area contributed by atoms with E-state index in [-0.39, 0.29) is 0 Å². The summed E-state index contributed by atoms with van der Waals surface area (Å²) in [5.41, 5.74) is 10.4. The van der Waals surface area contributed by atoms with E-state index in [4.69, 9.17) is 28.0 Å². The first-order valence-electron chi connectivity index (χ1n) is 8.23. The Balaban J connectivity index is 0.000000465. The fraction of sp³-hybridized carbons (Fsp3) is 0.294. The van der Waals surface area contributed by atoms with E-state index in [1.807, 2.05) is 12.1 Å². The Kier molecular flexibility index (Phi) is 6.95. The number of ether oxygens (including phenoxy) is 1. The molecule has 0 radical (unpaired) electrons. The van der Waals surface area contributed by atoms with Crippen LogP contribution in [0, 0.1) is 0 Å². The Morgan fingerprint density at radius 3 is 2.33 bits per heavy atom. The minimum absolute atomic E-state index is 0.686. The summed E-state index contributed by atoms with van der Waals surface area (Å²) in [6, 6.07) is 10.7.